The van der Waals surface area contributed by atoms with E-state index < -0.39 is 23.8 Å². The molecule has 9 heteroatoms. The topological polar surface area (TPSA) is 112 Å². The molecule has 2 aromatic rings. The number of amides is 3. The van der Waals surface area contributed by atoms with Crippen LogP contribution in [0.2, 0.25) is 5.02 Å². The summed E-state index contributed by atoms with van der Waals surface area (Å²) in [5, 5.41) is 11.5. The predicted octanol–water partition coefficient (Wildman–Crippen LogP) is 1.79. The van der Waals surface area contributed by atoms with E-state index in [2.05, 4.69) is 10.3 Å². The minimum Gasteiger partial charge on any atom is -0.368 e. The van der Waals surface area contributed by atoms with Gasteiger partial charge in [0.05, 0.1) is 23.8 Å². The first-order valence-electron chi connectivity index (χ1n) is 7.59. The zero-order valence-corrected chi connectivity index (χ0v) is 14.1. The number of nitriles is 1. The summed E-state index contributed by atoms with van der Waals surface area (Å²) in [5.74, 6) is -1.19. The quantitative estimate of drug-likeness (QED) is 0.850. The van der Waals surface area contributed by atoms with Gasteiger partial charge in [-0.2, -0.15) is 5.26 Å². The van der Waals surface area contributed by atoms with Crippen LogP contribution in [0.4, 0.5) is 9.18 Å². The van der Waals surface area contributed by atoms with Crippen molar-refractivity contribution >= 4 is 23.5 Å². The van der Waals surface area contributed by atoms with Crippen molar-refractivity contribution in [3.05, 3.63) is 52.6 Å². The van der Waals surface area contributed by atoms with Crippen LogP contribution in [-0.2, 0) is 11.3 Å². The number of carbonyl (C=O) groups is 2. The first kappa shape index (κ1) is 17.6. The van der Waals surface area contributed by atoms with Gasteiger partial charge in [0.25, 0.3) is 0 Å². The van der Waals surface area contributed by atoms with Gasteiger partial charge >= 0.3 is 6.03 Å². The maximum Gasteiger partial charge on any atom is 0.318 e. The van der Waals surface area contributed by atoms with E-state index >= 15 is 0 Å². The van der Waals surface area contributed by atoms with E-state index in [1.165, 1.54) is 29.2 Å². The SMILES string of the molecule is N#Cc1ccc(-c2ccc(F)c(Cl)c2)c(CN2C[C@H](C(N)=O)NC2=O)n1. The Hall–Kier alpha value is -3.18. The highest BCUT2D eigenvalue weighted by molar-refractivity contribution is 6.31. The molecule has 1 aliphatic heterocycles. The van der Waals surface area contributed by atoms with Gasteiger partial charge < -0.3 is 16.0 Å². The third-order valence-corrected chi connectivity index (χ3v) is 4.28. The fourth-order valence-corrected chi connectivity index (χ4v) is 2.86. The molecule has 1 aromatic carbocycles. The van der Waals surface area contributed by atoms with Crippen molar-refractivity contribution in [1.29, 1.82) is 5.26 Å². The molecule has 7 nitrogen and oxygen atoms in total. The summed E-state index contributed by atoms with van der Waals surface area (Å²) in [6, 6.07) is 8.08. The summed E-state index contributed by atoms with van der Waals surface area (Å²) in [7, 11) is 0. The molecule has 1 aromatic heterocycles. The van der Waals surface area contributed by atoms with Crippen molar-refractivity contribution in [3.8, 4) is 17.2 Å². The Kier molecular flexibility index (Phi) is 4.73. The lowest BCUT2D eigenvalue weighted by Gasteiger charge is -2.17. The number of primary amides is 1. The molecule has 1 aliphatic rings. The maximum atomic E-state index is 13.4. The number of urea groups is 1. The second-order valence-corrected chi connectivity index (χ2v) is 6.12. The Morgan fingerprint density at radius 2 is 2.23 bits per heavy atom. The molecule has 0 radical (unpaired) electrons. The first-order valence-corrected chi connectivity index (χ1v) is 7.97. The van der Waals surface area contributed by atoms with Crippen molar-refractivity contribution in [2.45, 2.75) is 12.6 Å². The highest BCUT2D eigenvalue weighted by atomic mass is 35.5. The van der Waals surface area contributed by atoms with Gasteiger partial charge in [-0.15, -0.1) is 0 Å². The van der Waals surface area contributed by atoms with E-state index in [0.29, 0.717) is 16.8 Å². The molecule has 3 N–H and O–H groups in total. The lowest BCUT2D eigenvalue weighted by atomic mass is 10.0. The highest BCUT2D eigenvalue weighted by Gasteiger charge is 2.32. The first-order chi connectivity index (χ1) is 12.4. The zero-order chi connectivity index (χ0) is 18.8. The monoisotopic (exact) mass is 373 g/mol. The van der Waals surface area contributed by atoms with Crippen LogP contribution in [0.5, 0.6) is 0 Å². The molecule has 0 spiro atoms. The van der Waals surface area contributed by atoms with Crippen molar-refractivity contribution in [3.63, 3.8) is 0 Å². The van der Waals surface area contributed by atoms with Gasteiger partial charge in [-0.1, -0.05) is 17.7 Å². The average molecular weight is 374 g/mol. The minimum absolute atomic E-state index is 0.0504. The molecule has 3 rings (SSSR count). The summed E-state index contributed by atoms with van der Waals surface area (Å²) < 4.78 is 13.4. The van der Waals surface area contributed by atoms with E-state index in [9.17, 15) is 14.0 Å². The van der Waals surface area contributed by atoms with E-state index in [0.717, 1.165) is 0 Å². The van der Waals surface area contributed by atoms with Gasteiger partial charge in [0.2, 0.25) is 5.91 Å². The normalized spacial score (nSPS) is 16.3. The number of benzene rings is 1. The van der Waals surface area contributed by atoms with Gasteiger partial charge in [0.1, 0.15) is 23.6 Å². The number of nitrogens with zero attached hydrogens (tertiary/aromatic N) is 3. The molecule has 0 bridgehead atoms. The average Bonchev–Trinajstić information content (AvgIpc) is 2.98. The Morgan fingerprint density at radius 1 is 1.46 bits per heavy atom. The third-order valence-electron chi connectivity index (χ3n) is 3.99. The van der Waals surface area contributed by atoms with Gasteiger partial charge in [-0.3, -0.25) is 4.79 Å². The highest BCUT2D eigenvalue weighted by Crippen LogP contribution is 2.28. The summed E-state index contributed by atoms with van der Waals surface area (Å²) in [5.41, 5.74) is 7.01. The molecule has 26 heavy (non-hydrogen) atoms. The Labute approximate surface area is 153 Å². The number of halogens is 2. The Balaban J connectivity index is 1.97. The van der Waals surface area contributed by atoms with Crippen molar-refractivity contribution in [2.24, 2.45) is 5.73 Å². The maximum absolute atomic E-state index is 13.4. The summed E-state index contributed by atoms with van der Waals surface area (Å²) in [4.78, 5) is 28.9. The molecule has 132 valence electrons. The number of pyridine rings is 1. The van der Waals surface area contributed by atoms with Crippen LogP contribution in [0.1, 0.15) is 11.4 Å². The smallest absolute Gasteiger partial charge is 0.318 e. The second kappa shape index (κ2) is 6.98. The lowest BCUT2D eigenvalue weighted by molar-refractivity contribution is -0.119. The van der Waals surface area contributed by atoms with Crippen LogP contribution < -0.4 is 11.1 Å². The van der Waals surface area contributed by atoms with Gasteiger partial charge in [-0.25, -0.2) is 14.2 Å². The lowest BCUT2D eigenvalue weighted by Crippen LogP contribution is -2.39. The van der Waals surface area contributed by atoms with Crippen LogP contribution in [0, 0.1) is 17.1 Å². The standard InChI is InChI=1S/C17H13ClFN5O2/c18-12-5-9(1-4-13(12)19)11-3-2-10(6-20)22-14(11)7-24-8-15(16(21)25)23-17(24)26/h1-5,15H,7-8H2,(H2,21,25)(H,23,26)/t15-/m1/s1. The number of rotatable bonds is 4. The molecule has 0 unspecified atom stereocenters. The molecule has 0 aliphatic carbocycles. The molecule has 3 amide bonds. The third kappa shape index (κ3) is 3.43. The fraction of sp³-hybridized carbons (Fsp3) is 0.176. The van der Waals surface area contributed by atoms with E-state index in [-0.39, 0.29) is 23.8 Å². The van der Waals surface area contributed by atoms with Crippen LogP contribution >= 0.6 is 11.6 Å². The summed E-state index contributed by atoms with van der Waals surface area (Å²) in [6.07, 6.45) is 0. The van der Waals surface area contributed by atoms with E-state index in [4.69, 9.17) is 22.6 Å². The van der Waals surface area contributed by atoms with Crippen molar-refractivity contribution < 1.29 is 14.0 Å². The molecule has 1 fully saturated rings. The molecule has 1 saturated heterocycles. The van der Waals surface area contributed by atoms with Gasteiger partial charge in [0.15, 0.2) is 0 Å². The number of aromatic nitrogens is 1. The van der Waals surface area contributed by atoms with E-state index in [1.54, 1.807) is 6.07 Å². The van der Waals surface area contributed by atoms with Crippen molar-refractivity contribution in [2.75, 3.05) is 6.54 Å². The molecule has 0 saturated carbocycles. The number of nitrogens with two attached hydrogens (primary N) is 1. The van der Waals surface area contributed by atoms with Crippen LogP contribution in [0.25, 0.3) is 11.1 Å². The van der Waals surface area contributed by atoms with Crippen LogP contribution in [0.3, 0.4) is 0 Å². The van der Waals surface area contributed by atoms with Crippen LogP contribution in [-0.4, -0.2) is 34.4 Å². The van der Waals surface area contributed by atoms with E-state index in [1.807, 2.05) is 6.07 Å². The molecule has 2 heterocycles. The largest absolute Gasteiger partial charge is 0.368 e. The van der Waals surface area contributed by atoms with Crippen molar-refractivity contribution in [1.82, 2.24) is 15.2 Å². The van der Waals surface area contributed by atoms with Gasteiger partial charge in [0, 0.05) is 5.56 Å². The number of nitrogens with one attached hydrogen (secondary N) is 1. The Morgan fingerprint density at radius 3 is 2.85 bits per heavy atom. The van der Waals surface area contributed by atoms with Crippen LogP contribution in [0.15, 0.2) is 30.3 Å². The second-order valence-electron chi connectivity index (χ2n) is 5.72. The summed E-state index contributed by atoms with van der Waals surface area (Å²) >= 11 is 5.85. The molecular formula is C17H13ClFN5O2. The number of hydrogen-bond donors (Lipinski definition) is 2. The van der Waals surface area contributed by atoms with Gasteiger partial charge in [-0.05, 0) is 29.8 Å². The zero-order valence-electron chi connectivity index (χ0n) is 13.4. The Bertz CT molecular complexity index is 943. The molecule has 1 atom stereocenters. The number of carbonyl (C=O) groups excluding carboxylic acids is 2. The predicted molar refractivity (Wildman–Crippen MR) is 91.3 cm³/mol. The minimum atomic E-state index is -0.787. The number of hydrogen-bond acceptors (Lipinski definition) is 4. The fourth-order valence-electron chi connectivity index (χ4n) is 2.68. The summed E-state index contributed by atoms with van der Waals surface area (Å²) in [6.45, 7) is 0.145. The molecular weight excluding hydrogens is 361 g/mol.